The van der Waals surface area contributed by atoms with E-state index in [4.69, 9.17) is 0 Å². The molecule has 0 saturated heterocycles. The van der Waals surface area contributed by atoms with Crippen molar-refractivity contribution in [3.05, 3.63) is 53.5 Å². The molecule has 0 spiro atoms. The third-order valence-corrected chi connectivity index (χ3v) is 3.95. The highest BCUT2D eigenvalue weighted by atomic mass is 15.3. The van der Waals surface area contributed by atoms with E-state index in [1.54, 1.807) is 0 Å². The van der Waals surface area contributed by atoms with Gasteiger partial charge in [0.25, 0.3) is 0 Å². The Kier molecular flexibility index (Phi) is 4.94. The summed E-state index contributed by atoms with van der Waals surface area (Å²) in [5.74, 6) is 0.293. The van der Waals surface area contributed by atoms with E-state index < -0.39 is 0 Å². The van der Waals surface area contributed by atoms with Crippen molar-refractivity contribution < 1.29 is 0 Å². The van der Waals surface area contributed by atoms with Crippen molar-refractivity contribution in [2.45, 2.75) is 52.9 Å². The number of nitrogens with zero attached hydrogens (tertiary/aromatic N) is 3. The highest BCUT2D eigenvalue weighted by molar-refractivity contribution is 5.44. The molecule has 1 unspecified atom stereocenters. The smallest absolute Gasteiger partial charge is 0.154 e. The van der Waals surface area contributed by atoms with E-state index in [1.807, 2.05) is 29.6 Å². The zero-order chi connectivity index (χ0) is 15.4. The lowest BCUT2D eigenvalue weighted by atomic mass is 9.95. The van der Waals surface area contributed by atoms with Gasteiger partial charge in [0.1, 0.15) is 0 Å². The first-order chi connectivity index (χ1) is 10.1. The van der Waals surface area contributed by atoms with E-state index in [2.05, 4.69) is 43.5 Å². The third kappa shape index (κ3) is 3.23. The van der Waals surface area contributed by atoms with Crippen LogP contribution in [-0.2, 0) is 0 Å². The van der Waals surface area contributed by atoms with Crippen molar-refractivity contribution in [3.8, 4) is 0 Å². The van der Waals surface area contributed by atoms with Crippen molar-refractivity contribution >= 4 is 5.65 Å². The molecular formula is C18H25N3. The fraction of sp³-hybridized carbons (Fsp3) is 0.444. The molecule has 3 heteroatoms. The van der Waals surface area contributed by atoms with Crippen LogP contribution in [0.2, 0.25) is 0 Å². The molecule has 2 rings (SSSR count). The topological polar surface area (TPSA) is 30.2 Å². The third-order valence-electron chi connectivity index (χ3n) is 3.95. The lowest BCUT2D eigenvalue weighted by Gasteiger charge is -2.14. The monoisotopic (exact) mass is 283 g/mol. The maximum atomic E-state index is 4.65. The average molecular weight is 283 g/mol. The molecule has 2 aromatic rings. The Morgan fingerprint density at radius 2 is 2.00 bits per heavy atom. The first-order valence-corrected chi connectivity index (χ1v) is 7.74. The molecule has 0 aliphatic heterocycles. The van der Waals surface area contributed by atoms with Crippen molar-refractivity contribution in [2.24, 2.45) is 0 Å². The molecule has 0 amide bonds. The molecule has 0 radical (unpaired) electrons. The van der Waals surface area contributed by atoms with Crippen LogP contribution in [0, 0.1) is 13.8 Å². The summed E-state index contributed by atoms with van der Waals surface area (Å²) in [5.41, 5.74) is 5.65. The standard InChI is InChI=1S/C18H25N3/c1-6-9-16(12-15(7-2)8-3)18-14(5)19-17-11-10-13(4)20-21(17)18/h6,10-12,16H,1,7-9H2,2-5H3. The van der Waals surface area contributed by atoms with E-state index in [-0.39, 0.29) is 0 Å². The minimum atomic E-state index is 0.293. The molecule has 0 saturated carbocycles. The number of hydrogen-bond acceptors (Lipinski definition) is 2. The molecule has 0 aliphatic carbocycles. The van der Waals surface area contributed by atoms with Crippen LogP contribution in [0.3, 0.4) is 0 Å². The second kappa shape index (κ2) is 6.70. The number of imidazole rings is 1. The lowest BCUT2D eigenvalue weighted by Crippen LogP contribution is -2.05. The summed E-state index contributed by atoms with van der Waals surface area (Å²) in [6, 6.07) is 4.04. The Bertz CT molecular complexity index is 658. The molecule has 2 heterocycles. The van der Waals surface area contributed by atoms with Crippen LogP contribution in [0.4, 0.5) is 0 Å². The van der Waals surface area contributed by atoms with Gasteiger partial charge in [-0.3, -0.25) is 0 Å². The van der Waals surface area contributed by atoms with Gasteiger partial charge in [0.2, 0.25) is 0 Å². The summed E-state index contributed by atoms with van der Waals surface area (Å²) >= 11 is 0. The van der Waals surface area contributed by atoms with Gasteiger partial charge in [-0.15, -0.1) is 6.58 Å². The van der Waals surface area contributed by atoms with Crippen LogP contribution in [0.15, 0.2) is 36.4 Å². The predicted molar refractivity (Wildman–Crippen MR) is 88.7 cm³/mol. The zero-order valence-corrected chi connectivity index (χ0v) is 13.6. The summed E-state index contributed by atoms with van der Waals surface area (Å²) in [6.07, 6.45) is 7.45. The molecule has 0 aliphatic rings. The molecule has 0 aromatic carbocycles. The molecule has 0 N–H and O–H groups in total. The van der Waals surface area contributed by atoms with Crippen LogP contribution < -0.4 is 0 Å². The van der Waals surface area contributed by atoms with E-state index >= 15 is 0 Å². The zero-order valence-electron chi connectivity index (χ0n) is 13.6. The maximum absolute atomic E-state index is 4.65. The van der Waals surface area contributed by atoms with Crippen molar-refractivity contribution in [3.63, 3.8) is 0 Å². The Morgan fingerprint density at radius 3 is 2.62 bits per heavy atom. The summed E-state index contributed by atoms with van der Waals surface area (Å²) < 4.78 is 2.00. The summed E-state index contributed by atoms with van der Waals surface area (Å²) in [4.78, 5) is 4.65. The van der Waals surface area contributed by atoms with Crippen LogP contribution in [0.5, 0.6) is 0 Å². The van der Waals surface area contributed by atoms with Gasteiger partial charge in [-0.2, -0.15) is 5.10 Å². The number of rotatable bonds is 6. The summed E-state index contributed by atoms with van der Waals surface area (Å²) in [7, 11) is 0. The lowest BCUT2D eigenvalue weighted by molar-refractivity contribution is 0.738. The van der Waals surface area contributed by atoms with Crippen LogP contribution in [-0.4, -0.2) is 14.6 Å². The van der Waals surface area contributed by atoms with Gasteiger partial charge in [0.05, 0.1) is 17.1 Å². The normalized spacial score (nSPS) is 12.4. The Balaban J connectivity index is 2.59. The van der Waals surface area contributed by atoms with Gasteiger partial charge in [0, 0.05) is 5.92 Å². The average Bonchev–Trinajstić information content (AvgIpc) is 2.79. The minimum absolute atomic E-state index is 0.293. The van der Waals surface area contributed by atoms with E-state index in [0.717, 1.165) is 36.3 Å². The first-order valence-electron chi connectivity index (χ1n) is 7.74. The number of allylic oxidation sites excluding steroid dienone is 3. The van der Waals surface area contributed by atoms with Gasteiger partial charge < -0.3 is 0 Å². The SMILES string of the molecule is C=CCC(C=C(CC)CC)c1c(C)nc2ccc(C)nn12. The molecule has 112 valence electrons. The fourth-order valence-corrected chi connectivity index (χ4v) is 2.79. The van der Waals surface area contributed by atoms with Gasteiger partial charge in [0.15, 0.2) is 5.65 Å². The fourth-order valence-electron chi connectivity index (χ4n) is 2.79. The number of hydrogen-bond donors (Lipinski definition) is 0. The Morgan fingerprint density at radius 1 is 1.29 bits per heavy atom. The minimum Gasteiger partial charge on any atom is -0.232 e. The molecule has 2 aromatic heterocycles. The maximum Gasteiger partial charge on any atom is 0.154 e. The van der Waals surface area contributed by atoms with Crippen LogP contribution in [0.25, 0.3) is 5.65 Å². The summed E-state index contributed by atoms with van der Waals surface area (Å²) in [5, 5.41) is 4.65. The highest BCUT2D eigenvalue weighted by Gasteiger charge is 2.18. The van der Waals surface area contributed by atoms with Crippen LogP contribution >= 0.6 is 0 Å². The predicted octanol–water partition coefficient (Wildman–Crippen LogP) is 4.75. The second-order valence-corrected chi connectivity index (χ2v) is 5.49. The number of aromatic nitrogens is 3. The molecule has 0 bridgehead atoms. The second-order valence-electron chi connectivity index (χ2n) is 5.49. The van der Waals surface area contributed by atoms with E-state index in [0.29, 0.717) is 5.92 Å². The molecule has 1 atom stereocenters. The van der Waals surface area contributed by atoms with Gasteiger partial charge in [-0.1, -0.05) is 31.6 Å². The quantitative estimate of drug-likeness (QED) is 0.716. The van der Waals surface area contributed by atoms with Gasteiger partial charge >= 0.3 is 0 Å². The van der Waals surface area contributed by atoms with Gasteiger partial charge in [-0.05, 0) is 45.2 Å². The van der Waals surface area contributed by atoms with E-state index in [9.17, 15) is 0 Å². The largest absolute Gasteiger partial charge is 0.232 e. The Labute approximate surface area is 127 Å². The van der Waals surface area contributed by atoms with Crippen molar-refractivity contribution in [1.29, 1.82) is 0 Å². The highest BCUT2D eigenvalue weighted by Crippen LogP contribution is 2.28. The van der Waals surface area contributed by atoms with E-state index in [1.165, 1.54) is 11.3 Å². The van der Waals surface area contributed by atoms with Crippen molar-refractivity contribution in [1.82, 2.24) is 14.6 Å². The Hall–Kier alpha value is -1.90. The first kappa shape index (κ1) is 15.5. The molecule has 0 fully saturated rings. The van der Waals surface area contributed by atoms with Crippen LogP contribution in [0.1, 0.15) is 56.1 Å². The van der Waals surface area contributed by atoms with Crippen molar-refractivity contribution in [2.75, 3.05) is 0 Å². The molecular weight excluding hydrogens is 258 g/mol. The summed E-state index contributed by atoms with van der Waals surface area (Å²) in [6.45, 7) is 12.4. The number of aryl methyl sites for hydroxylation is 2. The molecule has 3 nitrogen and oxygen atoms in total. The molecule has 21 heavy (non-hydrogen) atoms. The van der Waals surface area contributed by atoms with Gasteiger partial charge in [-0.25, -0.2) is 9.50 Å². The number of fused-ring (bicyclic) bond motifs is 1.